The first-order chi connectivity index (χ1) is 13.2. The molecule has 1 aliphatic rings. The molecule has 8 heteroatoms. The van der Waals surface area contributed by atoms with Crippen LogP contribution in [0.15, 0.2) is 43.0 Å². The van der Waals surface area contributed by atoms with Crippen LogP contribution in [-0.4, -0.2) is 46.9 Å². The second-order valence-electron chi connectivity index (χ2n) is 6.91. The van der Waals surface area contributed by atoms with Crippen molar-refractivity contribution >= 4 is 5.91 Å². The molecule has 0 radical (unpaired) electrons. The van der Waals surface area contributed by atoms with Crippen molar-refractivity contribution in [2.24, 2.45) is 0 Å². The van der Waals surface area contributed by atoms with Gasteiger partial charge in [-0.3, -0.25) is 9.48 Å². The third kappa shape index (κ3) is 3.89. The number of benzene rings is 1. The number of rotatable bonds is 6. The Labute approximate surface area is 157 Å². The van der Waals surface area contributed by atoms with Gasteiger partial charge in [0, 0.05) is 19.5 Å². The molecule has 3 aromatic rings. The number of aromatic nitrogens is 6. The molecule has 1 atom stereocenters. The predicted octanol–water partition coefficient (Wildman–Crippen LogP) is 1.78. The molecule has 0 N–H and O–H groups in total. The highest BCUT2D eigenvalue weighted by Gasteiger charge is 2.30. The van der Waals surface area contributed by atoms with E-state index in [1.54, 1.807) is 11.0 Å². The molecule has 0 unspecified atom stereocenters. The van der Waals surface area contributed by atoms with Gasteiger partial charge in [-0.05, 0) is 25.3 Å². The Balaban J connectivity index is 1.44. The Morgan fingerprint density at radius 3 is 2.85 bits per heavy atom. The summed E-state index contributed by atoms with van der Waals surface area (Å²) in [7, 11) is 0. The molecular weight excluding hydrogens is 342 g/mol. The van der Waals surface area contributed by atoms with E-state index in [0.29, 0.717) is 26.1 Å². The van der Waals surface area contributed by atoms with Crippen LogP contribution in [0.3, 0.4) is 0 Å². The van der Waals surface area contributed by atoms with Gasteiger partial charge in [-0.2, -0.15) is 5.10 Å². The zero-order valence-electron chi connectivity index (χ0n) is 15.4. The fourth-order valence-corrected chi connectivity index (χ4v) is 3.70. The molecule has 1 amide bonds. The molecule has 0 aliphatic carbocycles. The van der Waals surface area contributed by atoms with Crippen molar-refractivity contribution in [2.45, 2.75) is 45.3 Å². The van der Waals surface area contributed by atoms with Crippen molar-refractivity contribution in [1.29, 1.82) is 0 Å². The molecule has 3 heterocycles. The summed E-state index contributed by atoms with van der Waals surface area (Å²) in [5.74, 6) is 1.92. The maximum atomic E-state index is 12.8. The van der Waals surface area contributed by atoms with Crippen LogP contribution in [0.4, 0.5) is 0 Å². The topological polar surface area (TPSA) is 81.7 Å². The summed E-state index contributed by atoms with van der Waals surface area (Å²) in [5.41, 5.74) is 1.25. The molecule has 140 valence electrons. The normalized spacial score (nSPS) is 16.3. The van der Waals surface area contributed by atoms with E-state index in [-0.39, 0.29) is 11.9 Å². The second-order valence-corrected chi connectivity index (χ2v) is 6.91. The lowest BCUT2D eigenvalue weighted by Crippen LogP contribution is -2.42. The van der Waals surface area contributed by atoms with Crippen LogP contribution in [0.2, 0.25) is 0 Å². The van der Waals surface area contributed by atoms with E-state index in [2.05, 4.69) is 37.0 Å². The SMILES string of the molecule is Cc1nnc2n1[C@H](Cc1ccccc1)CN(C(=O)CCCn1cncn1)C2. The monoisotopic (exact) mass is 365 g/mol. The quantitative estimate of drug-likeness (QED) is 0.665. The minimum absolute atomic E-state index is 0.153. The van der Waals surface area contributed by atoms with Crippen LogP contribution in [0.1, 0.15) is 36.1 Å². The third-order valence-corrected chi connectivity index (χ3v) is 4.98. The minimum atomic E-state index is 0.153. The van der Waals surface area contributed by atoms with Gasteiger partial charge in [-0.1, -0.05) is 30.3 Å². The average molecular weight is 365 g/mol. The van der Waals surface area contributed by atoms with Gasteiger partial charge in [-0.15, -0.1) is 10.2 Å². The Bertz CT molecular complexity index is 888. The largest absolute Gasteiger partial charge is 0.333 e. The molecule has 27 heavy (non-hydrogen) atoms. The molecule has 0 spiro atoms. The zero-order chi connectivity index (χ0) is 18.6. The van der Waals surface area contributed by atoms with E-state index < -0.39 is 0 Å². The van der Waals surface area contributed by atoms with Crippen molar-refractivity contribution in [3.63, 3.8) is 0 Å². The van der Waals surface area contributed by atoms with Crippen LogP contribution in [0, 0.1) is 6.92 Å². The van der Waals surface area contributed by atoms with E-state index in [9.17, 15) is 4.79 Å². The van der Waals surface area contributed by atoms with E-state index >= 15 is 0 Å². The molecule has 8 nitrogen and oxygen atoms in total. The smallest absolute Gasteiger partial charge is 0.223 e. The zero-order valence-corrected chi connectivity index (χ0v) is 15.4. The first-order valence-corrected chi connectivity index (χ1v) is 9.25. The van der Waals surface area contributed by atoms with Crippen molar-refractivity contribution < 1.29 is 4.79 Å². The molecule has 1 aromatic carbocycles. The number of amides is 1. The summed E-state index contributed by atoms with van der Waals surface area (Å²) >= 11 is 0. The number of carbonyl (C=O) groups excluding carboxylic acids is 1. The van der Waals surface area contributed by atoms with E-state index in [1.165, 1.54) is 11.9 Å². The highest BCUT2D eigenvalue weighted by atomic mass is 16.2. The summed E-state index contributed by atoms with van der Waals surface area (Å²) in [5, 5.41) is 12.6. The highest BCUT2D eigenvalue weighted by Crippen LogP contribution is 2.25. The predicted molar refractivity (Wildman–Crippen MR) is 98.6 cm³/mol. The van der Waals surface area contributed by atoms with E-state index in [1.807, 2.05) is 30.0 Å². The van der Waals surface area contributed by atoms with Gasteiger partial charge >= 0.3 is 0 Å². The Hall–Kier alpha value is -3.03. The fourth-order valence-electron chi connectivity index (χ4n) is 3.70. The second kappa shape index (κ2) is 7.69. The summed E-state index contributed by atoms with van der Waals surface area (Å²) in [4.78, 5) is 18.6. The van der Waals surface area contributed by atoms with Gasteiger partial charge in [0.1, 0.15) is 18.5 Å². The van der Waals surface area contributed by atoms with E-state index in [0.717, 1.165) is 24.5 Å². The maximum absolute atomic E-state index is 12.8. The lowest BCUT2D eigenvalue weighted by atomic mass is 10.0. The molecule has 0 bridgehead atoms. The Morgan fingerprint density at radius 2 is 2.07 bits per heavy atom. The summed E-state index contributed by atoms with van der Waals surface area (Å²) in [6.45, 7) is 3.88. The number of aryl methyl sites for hydroxylation is 2. The summed E-state index contributed by atoms with van der Waals surface area (Å²) in [6.07, 6.45) is 5.27. The van der Waals surface area contributed by atoms with Crippen LogP contribution >= 0.6 is 0 Å². The van der Waals surface area contributed by atoms with Crippen LogP contribution in [0.25, 0.3) is 0 Å². The lowest BCUT2D eigenvalue weighted by molar-refractivity contribution is -0.133. The van der Waals surface area contributed by atoms with Crippen LogP contribution < -0.4 is 0 Å². The van der Waals surface area contributed by atoms with Crippen molar-refractivity contribution in [1.82, 2.24) is 34.4 Å². The van der Waals surface area contributed by atoms with Gasteiger partial charge in [0.05, 0.1) is 12.6 Å². The van der Waals surface area contributed by atoms with Crippen molar-refractivity contribution in [3.8, 4) is 0 Å². The Morgan fingerprint density at radius 1 is 1.22 bits per heavy atom. The average Bonchev–Trinajstić information content (AvgIpc) is 3.32. The van der Waals surface area contributed by atoms with Gasteiger partial charge in [0.15, 0.2) is 5.82 Å². The standard InChI is InChI=1S/C19H23N7O/c1-15-22-23-18-12-24(19(27)8-5-9-25-14-20-13-21-25)11-17(26(15)18)10-16-6-3-2-4-7-16/h2-4,6-7,13-14,17H,5,8-12H2,1H3/t17-/m1/s1. The van der Waals surface area contributed by atoms with Gasteiger partial charge in [0.2, 0.25) is 5.91 Å². The fraction of sp³-hybridized carbons (Fsp3) is 0.421. The number of hydrogen-bond donors (Lipinski definition) is 0. The van der Waals surface area contributed by atoms with Gasteiger partial charge < -0.3 is 9.47 Å². The van der Waals surface area contributed by atoms with Crippen LogP contribution in [0.5, 0.6) is 0 Å². The molecular formula is C19H23N7O. The first kappa shape index (κ1) is 17.4. The third-order valence-electron chi connectivity index (χ3n) is 4.98. The summed E-state index contributed by atoms with van der Waals surface area (Å²) in [6, 6.07) is 10.5. The van der Waals surface area contributed by atoms with Crippen LogP contribution in [-0.2, 0) is 24.3 Å². The van der Waals surface area contributed by atoms with Crippen molar-refractivity contribution in [2.75, 3.05) is 6.54 Å². The number of nitrogens with zero attached hydrogens (tertiary/aromatic N) is 7. The molecule has 0 saturated heterocycles. The Kier molecular flexibility index (Phi) is 4.95. The molecule has 2 aromatic heterocycles. The number of fused-ring (bicyclic) bond motifs is 1. The van der Waals surface area contributed by atoms with Gasteiger partial charge in [0.25, 0.3) is 0 Å². The van der Waals surface area contributed by atoms with Crippen molar-refractivity contribution in [3.05, 3.63) is 60.2 Å². The highest BCUT2D eigenvalue weighted by molar-refractivity contribution is 5.76. The molecule has 0 fully saturated rings. The molecule has 1 aliphatic heterocycles. The maximum Gasteiger partial charge on any atom is 0.223 e. The molecule has 0 saturated carbocycles. The summed E-state index contributed by atoms with van der Waals surface area (Å²) < 4.78 is 3.94. The molecule has 4 rings (SSSR count). The first-order valence-electron chi connectivity index (χ1n) is 9.25. The van der Waals surface area contributed by atoms with E-state index in [4.69, 9.17) is 0 Å². The number of hydrogen-bond acceptors (Lipinski definition) is 5. The number of carbonyl (C=O) groups is 1. The minimum Gasteiger partial charge on any atom is -0.333 e. The lowest BCUT2D eigenvalue weighted by Gasteiger charge is -2.34. The van der Waals surface area contributed by atoms with Gasteiger partial charge in [-0.25, -0.2) is 4.98 Å².